The summed E-state index contributed by atoms with van der Waals surface area (Å²) >= 11 is 0. The monoisotopic (exact) mass is 398 g/mol. The van der Waals surface area contributed by atoms with Crippen LogP contribution < -0.4 is 10.3 Å². The summed E-state index contributed by atoms with van der Waals surface area (Å²) < 4.78 is 6.36. The highest BCUT2D eigenvalue weighted by atomic mass is 16.5. The molecule has 0 radical (unpaired) electrons. The number of nitrogens with zero attached hydrogens (tertiary/aromatic N) is 1. The van der Waals surface area contributed by atoms with Crippen molar-refractivity contribution in [2.75, 3.05) is 13.1 Å². The third kappa shape index (κ3) is 3.71. The zero-order valence-electron chi connectivity index (χ0n) is 17.2. The van der Waals surface area contributed by atoms with Gasteiger partial charge in [-0.25, -0.2) is 0 Å². The van der Waals surface area contributed by atoms with Gasteiger partial charge in [0.15, 0.2) is 0 Å². The fourth-order valence-electron chi connectivity index (χ4n) is 4.49. The summed E-state index contributed by atoms with van der Waals surface area (Å²) in [5.41, 5.74) is 2.35. The average Bonchev–Trinajstić information content (AvgIpc) is 2.77. The predicted molar refractivity (Wildman–Crippen MR) is 122 cm³/mol. The van der Waals surface area contributed by atoms with Crippen LogP contribution in [0.1, 0.15) is 24.0 Å². The minimum absolute atomic E-state index is 0.0519. The Morgan fingerprint density at radius 1 is 0.967 bits per heavy atom. The molecule has 0 spiro atoms. The molecular weight excluding hydrogens is 372 g/mol. The lowest BCUT2D eigenvalue weighted by atomic mass is 10.0. The highest BCUT2D eigenvalue weighted by Crippen LogP contribution is 2.27. The maximum absolute atomic E-state index is 12.0. The lowest BCUT2D eigenvalue weighted by Gasteiger charge is -2.32. The second-order valence-electron chi connectivity index (χ2n) is 8.24. The van der Waals surface area contributed by atoms with E-state index in [-0.39, 0.29) is 11.7 Å². The van der Waals surface area contributed by atoms with Gasteiger partial charge in [-0.05, 0) is 65.3 Å². The van der Waals surface area contributed by atoms with Crippen molar-refractivity contribution >= 4 is 21.5 Å². The molecule has 0 bridgehead atoms. The summed E-state index contributed by atoms with van der Waals surface area (Å²) in [6.45, 7) is 5.04. The number of aryl methyl sites for hydroxylation is 1. The molecule has 0 saturated carbocycles. The van der Waals surface area contributed by atoms with Gasteiger partial charge >= 0.3 is 0 Å². The van der Waals surface area contributed by atoms with Crippen molar-refractivity contribution < 1.29 is 4.74 Å². The molecule has 5 rings (SSSR count). The fourth-order valence-corrected chi connectivity index (χ4v) is 4.49. The molecule has 1 saturated heterocycles. The molecule has 0 amide bonds. The lowest BCUT2D eigenvalue weighted by molar-refractivity contribution is 0.0966. The molecule has 4 aromatic rings. The van der Waals surface area contributed by atoms with Gasteiger partial charge in [-0.3, -0.25) is 9.69 Å². The molecule has 4 nitrogen and oxygen atoms in total. The summed E-state index contributed by atoms with van der Waals surface area (Å²) in [6.07, 6.45) is 3.93. The maximum Gasteiger partial charge on any atom is 0.255 e. The summed E-state index contributed by atoms with van der Waals surface area (Å²) in [5.74, 6) is 0.889. The van der Waals surface area contributed by atoms with Crippen LogP contribution in [0.4, 0.5) is 0 Å². The van der Waals surface area contributed by atoms with E-state index in [0.29, 0.717) is 5.39 Å². The molecule has 0 aliphatic carbocycles. The van der Waals surface area contributed by atoms with Crippen molar-refractivity contribution in [3.63, 3.8) is 0 Å². The van der Waals surface area contributed by atoms with Gasteiger partial charge in [0.1, 0.15) is 11.9 Å². The molecule has 2 heterocycles. The molecular formula is C26H26N2O2. The van der Waals surface area contributed by atoms with Crippen LogP contribution in [0.2, 0.25) is 0 Å². The molecule has 3 aromatic carbocycles. The second-order valence-corrected chi connectivity index (χ2v) is 8.24. The molecule has 0 atom stereocenters. The third-order valence-electron chi connectivity index (χ3n) is 6.17. The number of hydrogen-bond donors (Lipinski definition) is 1. The molecule has 152 valence electrons. The topological polar surface area (TPSA) is 45.3 Å². The first-order chi connectivity index (χ1) is 14.7. The first-order valence-electron chi connectivity index (χ1n) is 10.6. The van der Waals surface area contributed by atoms with Crippen molar-refractivity contribution in [1.29, 1.82) is 0 Å². The first-order valence-corrected chi connectivity index (χ1v) is 10.6. The number of likely N-dealkylation sites (tertiary alicyclic amines) is 1. The Morgan fingerprint density at radius 2 is 1.77 bits per heavy atom. The molecule has 4 heteroatoms. The van der Waals surface area contributed by atoms with Crippen molar-refractivity contribution in [2.24, 2.45) is 0 Å². The van der Waals surface area contributed by atoms with Crippen LogP contribution in [0, 0.1) is 6.92 Å². The Labute approximate surface area is 176 Å². The van der Waals surface area contributed by atoms with E-state index in [0.717, 1.165) is 49.2 Å². The third-order valence-corrected chi connectivity index (χ3v) is 6.17. The maximum atomic E-state index is 12.0. The number of ether oxygens (including phenoxy) is 1. The van der Waals surface area contributed by atoms with Crippen LogP contribution in [0.15, 0.2) is 71.7 Å². The molecule has 1 N–H and O–H groups in total. The number of nitrogens with one attached hydrogen (secondary N) is 1. The van der Waals surface area contributed by atoms with Crippen LogP contribution in [-0.4, -0.2) is 29.1 Å². The average molecular weight is 399 g/mol. The van der Waals surface area contributed by atoms with Crippen LogP contribution in [0.25, 0.3) is 21.5 Å². The number of pyridine rings is 1. The standard InChI is InChI=1S/C26H26N2O2/c1-18-15-24-20(9-12-27-26(24)29)16-25(18)30-22-10-13-28(14-11-22)17-21-7-4-6-19-5-2-3-8-23(19)21/h2-9,12,15-16,22H,10-11,13-14,17H2,1H3,(H,27,29). The fraction of sp³-hybridized carbons (Fsp3) is 0.269. The van der Waals surface area contributed by atoms with E-state index in [1.807, 2.05) is 25.1 Å². The molecule has 0 unspecified atom stereocenters. The molecule has 30 heavy (non-hydrogen) atoms. The van der Waals surface area contributed by atoms with Crippen LogP contribution in [-0.2, 0) is 6.54 Å². The van der Waals surface area contributed by atoms with Gasteiger partial charge in [-0.15, -0.1) is 0 Å². The Morgan fingerprint density at radius 3 is 2.63 bits per heavy atom. The number of hydrogen-bond acceptors (Lipinski definition) is 3. The van der Waals surface area contributed by atoms with E-state index < -0.39 is 0 Å². The number of rotatable bonds is 4. The zero-order valence-corrected chi connectivity index (χ0v) is 17.2. The van der Waals surface area contributed by atoms with Gasteiger partial charge in [-0.1, -0.05) is 42.5 Å². The lowest BCUT2D eigenvalue weighted by Crippen LogP contribution is -2.37. The molecule has 1 fully saturated rings. The number of benzene rings is 3. The Kier molecular flexibility index (Phi) is 5.01. The normalized spacial score (nSPS) is 15.6. The number of aromatic nitrogens is 1. The first kappa shape index (κ1) is 18.9. The summed E-state index contributed by atoms with van der Waals surface area (Å²) in [5, 5.41) is 4.29. The largest absolute Gasteiger partial charge is 0.490 e. The van der Waals surface area contributed by atoms with Gasteiger partial charge in [0, 0.05) is 31.2 Å². The number of H-pyrrole nitrogens is 1. The SMILES string of the molecule is Cc1cc2c(=O)[nH]ccc2cc1OC1CCN(Cc2cccc3ccccc23)CC1. The van der Waals surface area contributed by atoms with Crippen molar-refractivity contribution in [3.05, 3.63) is 88.3 Å². The molecule has 1 aliphatic rings. The number of piperidine rings is 1. The van der Waals surface area contributed by atoms with E-state index in [1.165, 1.54) is 16.3 Å². The van der Waals surface area contributed by atoms with Gasteiger partial charge < -0.3 is 9.72 Å². The minimum Gasteiger partial charge on any atom is -0.490 e. The summed E-state index contributed by atoms with van der Waals surface area (Å²) in [4.78, 5) is 17.3. The van der Waals surface area contributed by atoms with Crippen molar-refractivity contribution in [3.8, 4) is 5.75 Å². The van der Waals surface area contributed by atoms with Gasteiger partial charge in [0.2, 0.25) is 0 Å². The Hall–Kier alpha value is -3.11. The van der Waals surface area contributed by atoms with E-state index in [1.54, 1.807) is 6.20 Å². The van der Waals surface area contributed by atoms with Crippen molar-refractivity contribution in [2.45, 2.75) is 32.4 Å². The number of aromatic amines is 1. The zero-order chi connectivity index (χ0) is 20.5. The van der Waals surface area contributed by atoms with Gasteiger partial charge in [0.25, 0.3) is 5.56 Å². The predicted octanol–water partition coefficient (Wildman–Crippen LogP) is 5.03. The van der Waals surface area contributed by atoms with Crippen LogP contribution in [0.3, 0.4) is 0 Å². The summed E-state index contributed by atoms with van der Waals surface area (Å²) in [6, 6.07) is 21.0. The molecule has 1 aromatic heterocycles. The van der Waals surface area contributed by atoms with Crippen LogP contribution in [0.5, 0.6) is 5.75 Å². The number of fused-ring (bicyclic) bond motifs is 2. The minimum atomic E-state index is -0.0519. The van der Waals surface area contributed by atoms with Crippen LogP contribution >= 0.6 is 0 Å². The Balaban J connectivity index is 1.26. The smallest absolute Gasteiger partial charge is 0.255 e. The van der Waals surface area contributed by atoms with Gasteiger partial charge in [0.05, 0.1) is 0 Å². The quantitative estimate of drug-likeness (QED) is 0.524. The van der Waals surface area contributed by atoms with E-state index in [2.05, 4.69) is 52.3 Å². The second kappa shape index (κ2) is 7.96. The molecule has 1 aliphatic heterocycles. The Bertz CT molecular complexity index is 1250. The van der Waals surface area contributed by atoms with E-state index >= 15 is 0 Å². The van der Waals surface area contributed by atoms with Crippen molar-refractivity contribution in [1.82, 2.24) is 9.88 Å². The highest BCUT2D eigenvalue weighted by molar-refractivity contribution is 5.85. The highest BCUT2D eigenvalue weighted by Gasteiger charge is 2.22. The van der Waals surface area contributed by atoms with Gasteiger partial charge in [-0.2, -0.15) is 0 Å². The van der Waals surface area contributed by atoms with E-state index in [4.69, 9.17) is 4.74 Å². The summed E-state index contributed by atoms with van der Waals surface area (Å²) in [7, 11) is 0. The van der Waals surface area contributed by atoms with E-state index in [9.17, 15) is 4.79 Å².